The molecule has 0 saturated carbocycles. The van der Waals surface area contributed by atoms with E-state index in [2.05, 4.69) is 0 Å². The molecule has 0 aliphatic heterocycles. The summed E-state index contributed by atoms with van der Waals surface area (Å²) < 4.78 is 63.1. The summed E-state index contributed by atoms with van der Waals surface area (Å²) in [7, 11) is -4.90. The van der Waals surface area contributed by atoms with Gasteiger partial charge in [-0.05, 0) is 42.0 Å². The van der Waals surface area contributed by atoms with E-state index in [1.807, 2.05) is 24.3 Å². The van der Waals surface area contributed by atoms with Gasteiger partial charge in [0.05, 0.1) is 11.3 Å². The third-order valence-corrected chi connectivity index (χ3v) is 6.82. The number of carbonyl (C=O) groups is 1. The quantitative estimate of drug-likeness (QED) is 0.366. The van der Waals surface area contributed by atoms with E-state index in [1.165, 1.54) is 12.1 Å². The first kappa shape index (κ1) is 24.9. The summed E-state index contributed by atoms with van der Waals surface area (Å²) >= 11 is 0. The molecule has 1 unspecified atom stereocenters. The zero-order valence-corrected chi connectivity index (χ0v) is 19.0. The van der Waals surface area contributed by atoms with E-state index < -0.39 is 44.9 Å². The largest absolute Gasteiger partial charge is 0.457 e. The molecule has 1 atom stereocenters. The Bertz CT molecular complexity index is 1300. The van der Waals surface area contributed by atoms with Crippen LogP contribution in [-0.4, -0.2) is 19.6 Å². The van der Waals surface area contributed by atoms with Crippen LogP contribution in [0.2, 0.25) is 0 Å². The van der Waals surface area contributed by atoms with Gasteiger partial charge in [0.25, 0.3) is 0 Å². The maximum absolute atomic E-state index is 13.9. The SMILES string of the molecule is CCC(F)(F)S(=O)(=O)c1cccc(CC(=O)OC(C#N)c2cccc(Oc3ccccc3)c2)c1. The van der Waals surface area contributed by atoms with E-state index in [-0.39, 0.29) is 5.56 Å². The second-order valence-corrected chi connectivity index (χ2v) is 9.38. The molecule has 34 heavy (non-hydrogen) atoms. The summed E-state index contributed by atoms with van der Waals surface area (Å²) in [5.41, 5.74) is 0.541. The third-order valence-electron chi connectivity index (χ3n) is 4.87. The van der Waals surface area contributed by atoms with Crippen LogP contribution in [0.25, 0.3) is 0 Å². The number of halogens is 2. The van der Waals surface area contributed by atoms with E-state index in [0.717, 1.165) is 19.1 Å². The van der Waals surface area contributed by atoms with E-state index in [4.69, 9.17) is 9.47 Å². The average molecular weight is 486 g/mol. The molecule has 0 radical (unpaired) electrons. The Morgan fingerprint density at radius 3 is 2.35 bits per heavy atom. The lowest BCUT2D eigenvalue weighted by atomic mass is 10.1. The molecular weight excluding hydrogens is 464 g/mol. The molecule has 0 spiro atoms. The standard InChI is InChI=1S/C25H21F2NO5S/c1-2-25(26,27)34(30,31)22-13-6-8-18(14-22)15-24(29)33-23(17-28)19-9-7-12-21(16-19)32-20-10-4-3-5-11-20/h3-14,16,23H,2,15H2,1H3. The topological polar surface area (TPSA) is 93.5 Å². The van der Waals surface area contributed by atoms with E-state index in [9.17, 15) is 27.3 Å². The molecule has 0 N–H and O–H groups in total. The highest BCUT2D eigenvalue weighted by molar-refractivity contribution is 7.92. The fraction of sp³-hybridized carbons (Fsp3) is 0.200. The number of hydrogen-bond donors (Lipinski definition) is 0. The van der Waals surface area contributed by atoms with Gasteiger partial charge in [0.2, 0.25) is 15.9 Å². The lowest BCUT2D eigenvalue weighted by Gasteiger charge is -2.16. The van der Waals surface area contributed by atoms with Crippen molar-refractivity contribution in [3.63, 3.8) is 0 Å². The van der Waals surface area contributed by atoms with E-state index in [0.29, 0.717) is 17.1 Å². The van der Waals surface area contributed by atoms with Crippen LogP contribution in [0, 0.1) is 11.3 Å². The maximum atomic E-state index is 13.9. The number of hydrogen-bond acceptors (Lipinski definition) is 6. The van der Waals surface area contributed by atoms with Crippen LogP contribution in [0.15, 0.2) is 83.8 Å². The molecule has 0 fully saturated rings. The average Bonchev–Trinajstić information content (AvgIpc) is 2.83. The van der Waals surface area contributed by atoms with Crippen molar-refractivity contribution in [1.29, 1.82) is 5.26 Å². The number of rotatable bonds is 9. The number of nitriles is 1. The normalized spacial score (nSPS) is 12.4. The zero-order valence-electron chi connectivity index (χ0n) is 18.1. The Hall–Kier alpha value is -3.77. The molecular formula is C25H21F2NO5S. The zero-order chi connectivity index (χ0) is 24.8. The Labute approximate surface area is 196 Å². The monoisotopic (exact) mass is 485 g/mol. The second-order valence-electron chi connectivity index (χ2n) is 7.31. The van der Waals surface area contributed by atoms with Crippen LogP contribution >= 0.6 is 0 Å². The van der Waals surface area contributed by atoms with Crippen LogP contribution in [-0.2, 0) is 25.8 Å². The van der Waals surface area contributed by atoms with Gasteiger partial charge in [-0.3, -0.25) is 4.79 Å². The predicted molar refractivity (Wildman–Crippen MR) is 120 cm³/mol. The number of alkyl halides is 2. The highest BCUT2D eigenvalue weighted by Crippen LogP contribution is 2.32. The fourth-order valence-corrected chi connectivity index (χ4v) is 4.35. The first-order valence-electron chi connectivity index (χ1n) is 10.3. The molecule has 0 aliphatic rings. The highest BCUT2D eigenvalue weighted by Gasteiger charge is 2.44. The van der Waals surface area contributed by atoms with Crippen LogP contribution in [0.5, 0.6) is 11.5 Å². The van der Waals surface area contributed by atoms with E-state index >= 15 is 0 Å². The maximum Gasteiger partial charge on any atom is 0.349 e. The van der Waals surface area contributed by atoms with Gasteiger partial charge in [-0.1, -0.05) is 49.4 Å². The molecule has 0 aromatic heterocycles. The van der Waals surface area contributed by atoms with Crippen molar-refractivity contribution in [1.82, 2.24) is 0 Å². The van der Waals surface area contributed by atoms with Gasteiger partial charge in [0.15, 0.2) is 0 Å². The summed E-state index contributed by atoms with van der Waals surface area (Å²) in [6.07, 6.45) is -2.53. The third kappa shape index (κ3) is 5.77. The molecule has 176 valence electrons. The van der Waals surface area contributed by atoms with Crippen LogP contribution in [0.4, 0.5) is 8.78 Å². The molecule has 3 aromatic carbocycles. The van der Waals surface area contributed by atoms with Crippen molar-refractivity contribution in [2.45, 2.75) is 36.0 Å². The summed E-state index contributed by atoms with van der Waals surface area (Å²) in [5.74, 6) is 0.209. The minimum absolute atomic E-state index is 0.163. The molecule has 9 heteroatoms. The van der Waals surface area contributed by atoms with Gasteiger partial charge in [0, 0.05) is 12.0 Å². The molecule has 0 saturated heterocycles. The summed E-state index contributed by atoms with van der Waals surface area (Å²) in [4.78, 5) is 11.9. The first-order valence-corrected chi connectivity index (χ1v) is 11.8. The number of ether oxygens (including phenoxy) is 2. The highest BCUT2D eigenvalue weighted by atomic mass is 32.2. The Balaban J connectivity index is 1.72. The Morgan fingerprint density at radius 2 is 1.68 bits per heavy atom. The number of para-hydroxylation sites is 1. The van der Waals surface area contributed by atoms with E-state index in [1.54, 1.807) is 36.4 Å². The Kier molecular flexibility index (Phi) is 7.64. The van der Waals surface area contributed by atoms with Gasteiger partial charge in [-0.2, -0.15) is 14.0 Å². The van der Waals surface area contributed by atoms with Crippen molar-refractivity contribution in [3.8, 4) is 17.6 Å². The number of nitrogens with zero attached hydrogens (tertiary/aromatic N) is 1. The minimum atomic E-state index is -4.90. The fourth-order valence-electron chi connectivity index (χ4n) is 3.06. The number of sulfone groups is 1. The number of carbonyl (C=O) groups excluding carboxylic acids is 1. The number of esters is 1. The Morgan fingerprint density at radius 1 is 1.00 bits per heavy atom. The van der Waals surface area contributed by atoms with Crippen molar-refractivity contribution in [2.24, 2.45) is 0 Å². The lowest BCUT2D eigenvalue weighted by Crippen LogP contribution is -2.28. The molecule has 0 amide bonds. The predicted octanol–water partition coefficient (Wildman–Crippen LogP) is 5.61. The van der Waals surface area contributed by atoms with Gasteiger partial charge in [0.1, 0.15) is 17.6 Å². The summed E-state index contributed by atoms with van der Waals surface area (Å²) in [6.45, 7) is 1.07. The number of benzene rings is 3. The smallest absolute Gasteiger partial charge is 0.349 e. The lowest BCUT2D eigenvalue weighted by molar-refractivity contribution is -0.146. The van der Waals surface area contributed by atoms with Gasteiger partial charge >= 0.3 is 11.2 Å². The molecule has 0 bridgehead atoms. The molecule has 3 aromatic rings. The second kappa shape index (κ2) is 10.4. The minimum Gasteiger partial charge on any atom is -0.457 e. The van der Waals surface area contributed by atoms with Gasteiger partial charge in [-0.15, -0.1) is 0 Å². The molecule has 0 aliphatic carbocycles. The first-order chi connectivity index (χ1) is 16.2. The molecule has 6 nitrogen and oxygen atoms in total. The van der Waals surface area contributed by atoms with Crippen LogP contribution in [0.1, 0.15) is 30.6 Å². The van der Waals surface area contributed by atoms with Crippen molar-refractivity contribution >= 4 is 15.8 Å². The molecule has 3 rings (SSSR count). The summed E-state index contributed by atoms with van der Waals surface area (Å²) in [6, 6.07) is 22.1. The summed E-state index contributed by atoms with van der Waals surface area (Å²) in [5, 5.41) is 5.59. The van der Waals surface area contributed by atoms with Crippen molar-refractivity contribution in [3.05, 3.63) is 90.0 Å². The van der Waals surface area contributed by atoms with Crippen LogP contribution in [0.3, 0.4) is 0 Å². The van der Waals surface area contributed by atoms with Gasteiger partial charge in [-0.25, -0.2) is 8.42 Å². The van der Waals surface area contributed by atoms with Gasteiger partial charge < -0.3 is 9.47 Å². The molecule has 0 heterocycles. The van der Waals surface area contributed by atoms with Crippen LogP contribution < -0.4 is 4.74 Å². The van der Waals surface area contributed by atoms with Crippen molar-refractivity contribution < 1.29 is 31.5 Å². The van der Waals surface area contributed by atoms with Crippen molar-refractivity contribution in [2.75, 3.05) is 0 Å².